The molecule has 0 atom stereocenters. The molecule has 2 amide bonds. The highest BCUT2D eigenvalue weighted by atomic mass is 35.5. The van der Waals surface area contributed by atoms with E-state index in [4.69, 9.17) is 16.3 Å². The van der Waals surface area contributed by atoms with Crippen molar-refractivity contribution >= 4 is 40.3 Å². The van der Waals surface area contributed by atoms with Crippen molar-refractivity contribution in [1.82, 2.24) is 5.32 Å². The van der Waals surface area contributed by atoms with Gasteiger partial charge in [0.05, 0.1) is 11.6 Å². The van der Waals surface area contributed by atoms with E-state index < -0.39 is 11.1 Å². The van der Waals surface area contributed by atoms with E-state index in [0.29, 0.717) is 23.0 Å². The third-order valence-electron chi connectivity index (χ3n) is 2.39. The summed E-state index contributed by atoms with van der Waals surface area (Å²) >= 11 is 6.95. The molecule has 1 aromatic rings. The normalized spacial score (nSPS) is 17.4. The summed E-state index contributed by atoms with van der Waals surface area (Å²) in [7, 11) is 0. The third kappa shape index (κ3) is 3.11. The second-order valence-electron chi connectivity index (χ2n) is 3.83. The van der Waals surface area contributed by atoms with Gasteiger partial charge in [-0.15, -0.1) is 0 Å². The van der Waals surface area contributed by atoms with Crippen LogP contribution >= 0.6 is 23.4 Å². The van der Waals surface area contributed by atoms with Crippen LogP contribution in [-0.2, 0) is 9.53 Å². The molecular weight excluding hydrogens is 286 g/mol. The molecule has 0 saturated carbocycles. The van der Waals surface area contributed by atoms with Crippen molar-refractivity contribution in [2.75, 3.05) is 6.61 Å². The minimum Gasteiger partial charge on any atom is -0.492 e. The maximum Gasteiger partial charge on any atom is 0.291 e. The van der Waals surface area contributed by atoms with Gasteiger partial charge in [0.1, 0.15) is 10.7 Å². The highest BCUT2D eigenvalue weighted by Gasteiger charge is 2.30. The quantitative estimate of drug-likeness (QED) is 0.683. The summed E-state index contributed by atoms with van der Waals surface area (Å²) in [6, 6.07) is 7.07. The van der Waals surface area contributed by atoms with Gasteiger partial charge in [-0.1, -0.05) is 30.7 Å². The zero-order chi connectivity index (χ0) is 13.8. The van der Waals surface area contributed by atoms with Crippen LogP contribution in [0.2, 0.25) is 5.02 Å². The van der Waals surface area contributed by atoms with Crippen LogP contribution in [0.1, 0.15) is 18.9 Å². The molecule has 0 radical (unpaired) electrons. The molecule has 1 aromatic carbocycles. The first-order valence-electron chi connectivity index (χ1n) is 5.78. The fourth-order valence-electron chi connectivity index (χ4n) is 1.58. The second-order valence-corrected chi connectivity index (χ2v) is 5.22. The van der Waals surface area contributed by atoms with Gasteiger partial charge in [-0.2, -0.15) is 0 Å². The van der Waals surface area contributed by atoms with E-state index in [1.54, 1.807) is 24.3 Å². The molecule has 1 fully saturated rings. The molecule has 1 saturated heterocycles. The van der Waals surface area contributed by atoms with Crippen molar-refractivity contribution in [2.24, 2.45) is 0 Å². The van der Waals surface area contributed by atoms with Gasteiger partial charge in [0, 0.05) is 5.56 Å². The highest BCUT2D eigenvalue weighted by molar-refractivity contribution is 8.18. The summed E-state index contributed by atoms with van der Waals surface area (Å²) in [4.78, 5) is 23.3. The fourth-order valence-corrected chi connectivity index (χ4v) is 2.53. The number of hydrogen-bond donors (Lipinski definition) is 1. The first-order chi connectivity index (χ1) is 9.13. The van der Waals surface area contributed by atoms with Crippen LogP contribution in [0.5, 0.6) is 0 Å². The lowest BCUT2D eigenvalue weighted by Gasteiger charge is -2.12. The molecule has 4 nitrogen and oxygen atoms in total. The molecule has 6 heteroatoms. The summed E-state index contributed by atoms with van der Waals surface area (Å²) in [5, 5.41) is 2.30. The van der Waals surface area contributed by atoms with Crippen molar-refractivity contribution in [2.45, 2.75) is 13.3 Å². The van der Waals surface area contributed by atoms with E-state index in [1.807, 2.05) is 6.92 Å². The average molecular weight is 298 g/mol. The molecule has 0 aliphatic carbocycles. The molecule has 1 heterocycles. The SMILES string of the molecule is CCCOC(=C1SC(=O)NC1=O)c1ccccc1Cl. The molecular formula is C13H12ClNO3S. The van der Waals surface area contributed by atoms with E-state index >= 15 is 0 Å². The number of halogens is 1. The lowest BCUT2D eigenvalue weighted by atomic mass is 10.1. The Morgan fingerprint density at radius 2 is 2.11 bits per heavy atom. The summed E-state index contributed by atoms with van der Waals surface area (Å²) in [6.07, 6.45) is 0.793. The second kappa shape index (κ2) is 6.12. The zero-order valence-electron chi connectivity index (χ0n) is 10.2. The van der Waals surface area contributed by atoms with Crippen molar-refractivity contribution in [3.8, 4) is 0 Å². The maximum absolute atomic E-state index is 11.7. The van der Waals surface area contributed by atoms with Gasteiger partial charge < -0.3 is 4.74 Å². The number of thioether (sulfide) groups is 1. The van der Waals surface area contributed by atoms with E-state index in [2.05, 4.69) is 5.32 Å². The number of imide groups is 1. The van der Waals surface area contributed by atoms with Gasteiger partial charge in [-0.25, -0.2) is 0 Å². The van der Waals surface area contributed by atoms with E-state index in [0.717, 1.165) is 18.2 Å². The predicted molar refractivity (Wildman–Crippen MR) is 75.7 cm³/mol. The van der Waals surface area contributed by atoms with Crippen LogP contribution in [0.3, 0.4) is 0 Å². The lowest BCUT2D eigenvalue weighted by molar-refractivity contribution is -0.115. The minimum absolute atomic E-state index is 0.256. The Balaban J connectivity index is 2.47. The summed E-state index contributed by atoms with van der Waals surface area (Å²) in [6.45, 7) is 2.41. The molecule has 1 N–H and O–H groups in total. The van der Waals surface area contributed by atoms with Gasteiger partial charge in [0.2, 0.25) is 0 Å². The smallest absolute Gasteiger partial charge is 0.291 e. The molecule has 100 valence electrons. The molecule has 1 aliphatic rings. The fraction of sp³-hybridized carbons (Fsp3) is 0.231. The molecule has 2 rings (SSSR count). The number of rotatable bonds is 4. The average Bonchev–Trinajstić information content (AvgIpc) is 2.71. The van der Waals surface area contributed by atoms with Crippen LogP contribution in [-0.4, -0.2) is 17.8 Å². The lowest BCUT2D eigenvalue weighted by Crippen LogP contribution is -2.18. The Kier molecular flexibility index (Phi) is 4.50. The summed E-state index contributed by atoms with van der Waals surface area (Å²) in [5.74, 6) is -0.0816. The number of carbonyl (C=O) groups excluding carboxylic acids is 2. The Morgan fingerprint density at radius 1 is 1.37 bits per heavy atom. The maximum atomic E-state index is 11.7. The molecule has 19 heavy (non-hydrogen) atoms. The highest BCUT2D eigenvalue weighted by Crippen LogP contribution is 2.35. The van der Waals surface area contributed by atoms with Gasteiger partial charge in [-0.3, -0.25) is 14.9 Å². The minimum atomic E-state index is -0.443. The standard InChI is InChI=1S/C13H12ClNO3S/c1-2-7-18-10(8-5-3-4-6-9(8)14)11-12(16)15-13(17)19-11/h3-6H,2,7H2,1H3,(H,15,16,17). The topological polar surface area (TPSA) is 55.4 Å². The van der Waals surface area contributed by atoms with E-state index in [1.165, 1.54) is 0 Å². The first kappa shape index (κ1) is 14.0. The Bertz CT molecular complexity index is 557. The molecule has 1 aliphatic heterocycles. The largest absolute Gasteiger partial charge is 0.492 e. The monoisotopic (exact) mass is 297 g/mol. The van der Waals surface area contributed by atoms with Gasteiger partial charge in [0.15, 0.2) is 0 Å². The molecule has 0 aromatic heterocycles. The number of nitrogens with one attached hydrogen (secondary N) is 1. The van der Waals surface area contributed by atoms with Crippen LogP contribution in [0.15, 0.2) is 29.2 Å². The van der Waals surface area contributed by atoms with Gasteiger partial charge >= 0.3 is 0 Å². The van der Waals surface area contributed by atoms with E-state index in [9.17, 15) is 9.59 Å². The van der Waals surface area contributed by atoms with Gasteiger partial charge in [0.25, 0.3) is 11.1 Å². The van der Waals surface area contributed by atoms with Crippen molar-refractivity contribution in [1.29, 1.82) is 0 Å². The third-order valence-corrected chi connectivity index (χ3v) is 3.58. The van der Waals surface area contributed by atoms with Gasteiger partial charge in [-0.05, 0) is 30.3 Å². The number of ether oxygens (including phenoxy) is 1. The van der Waals surface area contributed by atoms with Crippen LogP contribution in [0.4, 0.5) is 4.79 Å². The van der Waals surface area contributed by atoms with Crippen LogP contribution in [0, 0.1) is 0 Å². The summed E-state index contributed by atoms with van der Waals surface area (Å²) in [5.41, 5.74) is 0.616. The van der Waals surface area contributed by atoms with Crippen LogP contribution in [0.25, 0.3) is 5.76 Å². The molecule has 0 unspecified atom stereocenters. The van der Waals surface area contributed by atoms with E-state index in [-0.39, 0.29) is 4.91 Å². The Labute approximate surface area is 120 Å². The zero-order valence-corrected chi connectivity index (χ0v) is 11.8. The summed E-state index contributed by atoms with van der Waals surface area (Å²) < 4.78 is 5.62. The Morgan fingerprint density at radius 3 is 2.68 bits per heavy atom. The Hall–Kier alpha value is -1.46. The van der Waals surface area contributed by atoms with Crippen LogP contribution < -0.4 is 5.32 Å². The number of benzene rings is 1. The molecule has 0 spiro atoms. The van der Waals surface area contributed by atoms with Crippen molar-refractivity contribution < 1.29 is 14.3 Å². The first-order valence-corrected chi connectivity index (χ1v) is 6.98. The molecule has 0 bridgehead atoms. The number of amides is 2. The number of carbonyl (C=O) groups is 2. The predicted octanol–water partition coefficient (Wildman–Crippen LogP) is 3.42. The van der Waals surface area contributed by atoms with Crippen molar-refractivity contribution in [3.63, 3.8) is 0 Å². The van der Waals surface area contributed by atoms with Crippen molar-refractivity contribution in [3.05, 3.63) is 39.8 Å². The number of hydrogen-bond acceptors (Lipinski definition) is 4.